The van der Waals surface area contributed by atoms with Crippen molar-refractivity contribution in [2.45, 2.75) is 19.3 Å². The van der Waals surface area contributed by atoms with Crippen molar-refractivity contribution in [2.24, 2.45) is 0 Å². The van der Waals surface area contributed by atoms with Gasteiger partial charge in [-0.25, -0.2) is 4.39 Å². The minimum absolute atomic E-state index is 0.126. The second-order valence-electron chi connectivity index (χ2n) is 17.0. The summed E-state index contributed by atoms with van der Waals surface area (Å²) in [5.41, 5.74) is 19.7. The Hall–Kier alpha value is -7.81. The number of halogens is 1. The maximum atomic E-state index is 14.1. The van der Waals surface area contributed by atoms with E-state index in [0.29, 0.717) is 0 Å². The van der Waals surface area contributed by atoms with E-state index in [1.54, 1.807) is 0 Å². The standard InChI is InChI=1S/C61H44FN/c1-61(2)56-27-11-9-23-55(56)60-54(26-15-28-57(60)61)53-22-10-12-29-58(53)63(50-39-46(41-16-5-3-6-17-41)38-47(40-50)42-18-7-4-8-19-42)49-36-32-44(33-37-49)52-25-14-21-45-20-13-24-51(59(45)52)43-30-34-48(62)35-31-43/h3-40H,1-2H3. The summed E-state index contributed by atoms with van der Waals surface area (Å²) in [5.74, 6) is -0.239. The minimum atomic E-state index is -0.239. The monoisotopic (exact) mass is 809 g/mol. The molecular weight excluding hydrogens is 766 g/mol. The summed E-state index contributed by atoms with van der Waals surface area (Å²) in [7, 11) is 0. The first-order chi connectivity index (χ1) is 30.9. The summed E-state index contributed by atoms with van der Waals surface area (Å²) in [5, 5.41) is 2.28. The number of hydrogen-bond donors (Lipinski definition) is 0. The fraction of sp³-hybridized carbons (Fsp3) is 0.0492. The van der Waals surface area contributed by atoms with Gasteiger partial charge in [0.2, 0.25) is 0 Å². The lowest BCUT2D eigenvalue weighted by Crippen LogP contribution is -2.15. The first-order valence-electron chi connectivity index (χ1n) is 21.7. The molecule has 0 unspecified atom stereocenters. The molecule has 0 radical (unpaired) electrons. The Balaban J connectivity index is 1.13. The SMILES string of the molecule is CC1(C)c2ccccc2-c2c(-c3ccccc3N(c3ccc(-c4cccc5cccc(-c6ccc(F)cc6)c45)cc3)c3cc(-c4ccccc4)cc(-c4ccccc4)c3)cccc21. The molecule has 1 nitrogen and oxygen atoms in total. The molecule has 11 rings (SSSR count). The summed E-state index contributed by atoms with van der Waals surface area (Å²) in [6, 6.07) is 81.6. The third-order valence-corrected chi connectivity index (χ3v) is 12.9. The van der Waals surface area contributed by atoms with Gasteiger partial charge in [0.1, 0.15) is 5.82 Å². The smallest absolute Gasteiger partial charge is 0.123 e. The number of hydrogen-bond acceptors (Lipinski definition) is 1. The molecule has 0 bridgehead atoms. The molecule has 300 valence electrons. The molecule has 0 saturated carbocycles. The largest absolute Gasteiger partial charge is 0.310 e. The summed E-state index contributed by atoms with van der Waals surface area (Å²) in [6.45, 7) is 4.69. The van der Waals surface area contributed by atoms with Crippen molar-refractivity contribution in [1.29, 1.82) is 0 Å². The van der Waals surface area contributed by atoms with Crippen molar-refractivity contribution < 1.29 is 4.39 Å². The molecule has 63 heavy (non-hydrogen) atoms. The Morgan fingerprint density at radius 2 is 0.841 bits per heavy atom. The highest BCUT2D eigenvalue weighted by Crippen LogP contribution is 2.54. The van der Waals surface area contributed by atoms with Crippen LogP contribution in [0.5, 0.6) is 0 Å². The van der Waals surface area contributed by atoms with Crippen LogP contribution in [0, 0.1) is 5.82 Å². The topological polar surface area (TPSA) is 3.24 Å². The van der Waals surface area contributed by atoms with E-state index in [2.05, 4.69) is 225 Å². The van der Waals surface area contributed by atoms with Gasteiger partial charge in [-0.1, -0.05) is 196 Å². The average Bonchev–Trinajstić information content (AvgIpc) is 3.58. The Labute approximate surface area is 369 Å². The number of nitrogens with zero attached hydrogens (tertiary/aromatic N) is 1. The van der Waals surface area contributed by atoms with E-state index in [1.165, 1.54) is 39.9 Å². The van der Waals surface area contributed by atoms with Crippen LogP contribution in [-0.4, -0.2) is 0 Å². The predicted molar refractivity (Wildman–Crippen MR) is 263 cm³/mol. The van der Waals surface area contributed by atoms with Crippen LogP contribution in [0.25, 0.3) is 77.5 Å². The second kappa shape index (κ2) is 15.6. The molecule has 0 aliphatic heterocycles. The number of para-hydroxylation sites is 1. The second-order valence-corrected chi connectivity index (χ2v) is 17.0. The molecule has 0 atom stereocenters. The van der Waals surface area contributed by atoms with Crippen molar-refractivity contribution in [1.82, 2.24) is 0 Å². The molecule has 0 N–H and O–H groups in total. The molecule has 0 aromatic heterocycles. The van der Waals surface area contributed by atoms with Gasteiger partial charge >= 0.3 is 0 Å². The van der Waals surface area contributed by atoms with Gasteiger partial charge in [-0.15, -0.1) is 0 Å². The lowest BCUT2D eigenvalue weighted by molar-refractivity contribution is 0.628. The third kappa shape index (κ3) is 6.72. The van der Waals surface area contributed by atoms with E-state index < -0.39 is 0 Å². The first-order valence-corrected chi connectivity index (χ1v) is 21.7. The van der Waals surface area contributed by atoms with Gasteiger partial charge in [0.25, 0.3) is 0 Å². The quantitative estimate of drug-likeness (QED) is 0.148. The number of fused-ring (bicyclic) bond motifs is 4. The highest BCUT2D eigenvalue weighted by molar-refractivity contribution is 6.07. The van der Waals surface area contributed by atoms with E-state index in [1.807, 2.05) is 12.1 Å². The normalized spacial score (nSPS) is 12.5. The summed E-state index contributed by atoms with van der Waals surface area (Å²) >= 11 is 0. The van der Waals surface area contributed by atoms with Gasteiger partial charge in [0, 0.05) is 22.4 Å². The Kier molecular flexibility index (Phi) is 9.43. The van der Waals surface area contributed by atoms with Gasteiger partial charge in [-0.05, 0) is 132 Å². The first kappa shape index (κ1) is 38.1. The zero-order chi connectivity index (χ0) is 42.5. The van der Waals surface area contributed by atoms with Gasteiger partial charge in [-0.3, -0.25) is 0 Å². The van der Waals surface area contributed by atoms with E-state index in [9.17, 15) is 4.39 Å². The van der Waals surface area contributed by atoms with Gasteiger partial charge in [0.05, 0.1) is 5.69 Å². The van der Waals surface area contributed by atoms with Crippen molar-refractivity contribution in [3.8, 4) is 66.8 Å². The highest BCUT2D eigenvalue weighted by Gasteiger charge is 2.37. The number of anilines is 3. The molecule has 0 heterocycles. The van der Waals surface area contributed by atoms with Gasteiger partial charge in [0.15, 0.2) is 0 Å². The van der Waals surface area contributed by atoms with Crippen molar-refractivity contribution >= 4 is 27.8 Å². The molecule has 0 saturated heterocycles. The van der Waals surface area contributed by atoms with Crippen LogP contribution >= 0.6 is 0 Å². The molecule has 0 fully saturated rings. The van der Waals surface area contributed by atoms with Crippen LogP contribution in [0.2, 0.25) is 0 Å². The summed E-state index contributed by atoms with van der Waals surface area (Å²) < 4.78 is 14.1. The van der Waals surface area contributed by atoms with E-state index in [-0.39, 0.29) is 11.2 Å². The Morgan fingerprint density at radius 3 is 1.48 bits per heavy atom. The van der Waals surface area contributed by atoms with Crippen LogP contribution < -0.4 is 4.90 Å². The molecule has 2 heteroatoms. The zero-order valence-electron chi connectivity index (χ0n) is 35.3. The molecule has 0 spiro atoms. The molecule has 10 aromatic carbocycles. The Morgan fingerprint density at radius 1 is 0.349 bits per heavy atom. The van der Waals surface area contributed by atoms with Crippen LogP contribution in [0.4, 0.5) is 21.5 Å². The fourth-order valence-corrected chi connectivity index (χ4v) is 9.88. The molecular formula is C61H44FN. The predicted octanol–water partition coefficient (Wildman–Crippen LogP) is 17.1. The summed E-state index contributed by atoms with van der Waals surface area (Å²) in [4.78, 5) is 2.44. The molecule has 0 amide bonds. The minimum Gasteiger partial charge on any atom is -0.310 e. The molecule has 1 aliphatic carbocycles. The summed E-state index contributed by atoms with van der Waals surface area (Å²) in [6.07, 6.45) is 0. The molecule has 10 aromatic rings. The van der Waals surface area contributed by atoms with E-state index in [0.717, 1.165) is 77.9 Å². The number of benzene rings is 10. The van der Waals surface area contributed by atoms with Crippen LogP contribution in [0.1, 0.15) is 25.0 Å². The van der Waals surface area contributed by atoms with E-state index in [4.69, 9.17) is 0 Å². The van der Waals surface area contributed by atoms with Crippen molar-refractivity contribution in [2.75, 3.05) is 4.90 Å². The van der Waals surface area contributed by atoms with E-state index >= 15 is 0 Å². The van der Waals surface area contributed by atoms with Crippen LogP contribution in [-0.2, 0) is 5.41 Å². The lowest BCUT2D eigenvalue weighted by atomic mass is 9.82. The highest BCUT2D eigenvalue weighted by atomic mass is 19.1. The number of rotatable bonds is 8. The van der Waals surface area contributed by atoms with Crippen LogP contribution in [0.15, 0.2) is 231 Å². The van der Waals surface area contributed by atoms with Gasteiger partial charge in [-0.2, -0.15) is 0 Å². The van der Waals surface area contributed by atoms with Gasteiger partial charge < -0.3 is 4.90 Å². The van der Waals surface area contributed by atoms with Crippen molar-refractivity contribution in [3.05, 3.63) is 247 Å². The molecule has 1 aliphatic rings. The Bertz CT molecular complexity index is 3230. The van der Waals surface area contributed by atoms with Crippen molar-refractivity contribution in [3.63, 3.8) is 0 Å². The fourth-order valence-electron chi connectivity index (χ4n) is 9.88. The maximum absolute atomic E-state index is 14.1. The zero-order valence-corrected chi connectivity index (χ0v) is 35.3. The average molecular weight is 810 g/mol. The maximum Gasteiger partial charge on any atom is 0.123 e. The van der Waals surface area contributed by atoms with Crippen LogP contribution in [0.3, 0.4) is 0 Å². The lowest BCUT2D eigenvalue weighted by Gasteiger charge is -2.30. The third-order valence-electron chi connectivity index (χ3n) is 12.9.